The van der Waals surface area contributed by atoms with Gasteiger partial charge >= 0.3 is 0 Å². The van der Waals surface area contributed by atoms with Crippen molar-refractivity contribution >= 4 is 0 Å². The third-order valence-corrected chi connectivity index (χ3v) is 4.97. The van der Waals surface area contributed by atoms with Crippen molar-refractivity contribution in [3.63, 3.8) is 0 Å². The highest BCUT2D eigenvalue weighted by Gasteiger charge is 2.41. The van der Waals surface area contributed by atoms with Crippen LogP contribution in [0, 0.1) is 6.92 Å². The summed E-state index contributed by atoms with van der Waals surface area (Å²) in [5.41, 5.74) is 0. The predicted octanol–water partition coefficient (Wildman–Crippen LogP) is 3.04. The third-order valence-electron chi connectivity index (χ3n) is 4.97. The number of fused-ring (bicyclic) bond motifs is 2. The number of hydrogen-bond donors (Lipinski definition) is 1. The second-order valence-corrected chi connectivity index (χ2v) is 6.40. The average molecular weight is 277 g/mol. The summed E-state index contributed by atoms with van der Waals surface area (Å²) in [5, 5.41) is 3.65. The van der Waals surface area contributed by atoms with Crippen LogP contribution in [-0.4, -0.2) is 34.6 Å². The first-order valence-corrected chi connectivity index (χ1v) is 8.12. The van der Waals surface area contributed by atoms with E-state index in [-0.39, 0.29) is 0 Å². The lowest BCUT2D eigenvalue weighted by atomic mass is 9.80. The Morgan fingerprint density at radius 3 is 2.65 bits per heavy atom. The van der Waals surface area contributed by atoms with E-state index >= 15 is 0 Å². The summed E-state index contributed by atoms with van der Waals surface area (Å²) in [6.07, 6.45) is 8.41. The predicted molar refractivity (Wildman–Crippen MR) is 79.6 cm³/mol. The van der Waals surface area contributed by atoms with Crippen molar-refractivity contribution in [3.05, 3.63) is 17.8 Å². The molecule has 4 nitrogen and oxygen atoms in total. The summed E-state index contributed by atoms with van der Waals surface area (Å²) in [4.78, 5) is 7.13. The zero-order valence-corrected chi connectivity index (χ0v) is 12.9. The SMILES string of the molecule is CCNC1CC2CCCC(C1)N2C(C)c1ncc(C)o1. The van der Waals surface area contributed by atoms with Gasteiger partial charge in [-0.1, -0.05) is 13.3 Å². The van der Waals surface area contributed by atoms with E-state index in [0.717, 1.165) is 18.2 Å². The molecule has 1 aromatic heterocycles. The van der Waals surface area contributed by atoms with Crippen LogP contribution in [0.3, 0.4) is 0 Å². The Morgan fingerprint density at radius 2 is 2.10 bits per heavy atom. The van der Waals surface area contributed by atoms with Crippen molar-refractivity contribution in [2.24, 2.45) is 0 Å². The highest BCUT2D eigenvalue weighted by Crippen LogP contribution is 2.39. The Bertz CT molecular complexity index is 431. The number of nitrogens with zero attached hydrogens (tertiary/aromatic N) is 2. The molecule has 2 bridgehead atoms. The lowest BCUT2D eigenvalue weighted by molar-refractivity contribution is -0.0140. The number of piperidine rings is 2. The molecule has 0 radical (unpaired) electrons. The first-order valence-electron chi connectivity index (χ1n) is 8.12. The smallest absolute Gasteiger partial charge is 0.211 e. The summed E-state index contributed by atoms with van der Waals surface area (Å²) >= 11 is 0. The Morgan fingerprint density at radius 1 is 1.40 bits per heavy atom. The molecule has 2 fully saturated rings. The molecule has 3 rings (SSSR count). The van der Waals surface area contributed by atoms with Crippen LogP contribution in [0.2, 0.25) is 0 Å². The van der Waals surface area contributed by atoms with E-state index in [0.29, 0.717) is 24.2 Å². The van der Waals surface area contributed by atoms with Gasteiger partial charge in [-0.05, 0) is 46.1 Å². The molecule has 3 atom stereocenters. The van der Waals surface area contributed by atoms with Gasteiger partial charge in [0.15, 0.2) is 0 Å². The Kier molecular flexibility index (Phi) is 4.13. The maximum Gasteiger partial charge on any atom is 0.211 e. The highest BCUT2D eigenvalue weighted by atomic mass is 16.4. The maximum atomic E-state index is 5.77. The summed E-state index contributed by atoms with van der Waals surface area (Å²) in [6, 6.07) is 2.38. The molecule has 3 unspecified atom stereocenters. The van der Waals surface area contributed by atoms with E-state index < -0.39 is 0 Å². The number of aryl methyl sites for hydroxylation is 1. The summed E-state index contributed by atoms with van der Waals surface area (Å²) in [6.45, 7) is 7.52. The maximum absolute atomic E-state index is 5.77. The van der Waals surface area contributed by atoms with Crippen LogP contribution in [0.25, 0.3) is 0 Å². The number of rotatable bonds is 4. The van der Waals surface area contributed by atoms with E-state index in [1.54, 1.807) is 0 Å². The van der Waals surface area contributed by atoms with Gasteiger partial charge in [0, 0.05) is 18.1 Å². The van der Waals surface area contributed by atoms with Crippen LogP contribution in [0.4, 0.5) is 0 Å². The first kappa shape index (κ1) is 14.1. The Balaban J connectivity index is 1.76. The summed E-state index contributed by atoms with van der Waals surface area (Å²) in [7, 11) is 0. The van der Waals surface area contributed by atoms with Crippen LogP contribution in [0.1, 0.15) is 63.6 Å². The van der Waals surface area contributed by atoms with Crippen LogP contribution in [0.5, 0.6) is 0 Å². The molecule has 2 aliphatic rings. The second kappa shape index (κ2) is 5.86. The minimum atomic E-state index is 0.307. The number of nitrogens with one attached hydrogen (secondary N) is 1. The minimum Gasteiger partial charge on any atom is -0.444 e. The Hall–Kier alpha value is -0.870. The van der Waals surface area contributed by atoms with Gasteiger partial charge in [0.2, 0.25) is 5.89 Å². The van der Waals surface area contributed by atoms with Gasteiger partial charge in [-0.2, -0.15) is 0 Å². The topological polar surface area (TPSA) is 41.3 Å². The molecule has 2 aliphatic heterocycles. The molecule has 0 saturated carbocycles. The van der Waals surface area contributed by atoms with E-state index in [2.05, 4.69) is 29.0 Å². The Labute approximate surface area is 121 Å². The lowest BCUT2D eigenvalue weighted by Gasteiger charge is -2.51. The monoisotopic (exact) mass is 277 g/mol. The van der Waals surface area contributed by atoms with Gasteiger partial charge < -0.3 is 9.73 Å². The highest BCUT2D eigenvalue weighted by molar-refractivity contribution is 5.02. The molecule has 0 aromatic carbocycles. The quantitative estimate of drug-likeness (QED) is 0.918. The van der Waals surface area contributed by atoms with Crippen LogP contribution >= 0.6 is 0 Å². The molecule has 1 N–H and O–H groups in total. The number of aromatic nitrogens is 1. The van der Waals surface area contributed by atoms with Crippen LogP contribution < -0.4 is 5.32 Å². The summed E-state index contributed by atoms with van der Waals surface area (Å²) in [5.74, 6) is 1.81. The summed E-state index contributed by atoms with van der Waals surface area (Å²) < 4.78 is 5.77. The molecular weight excluding hydrogens is 250 g/mol. The fourth-order valence-electron chi connectivity index (χ4n) is 4.20. The molecule has 4 heteroatoms. The van der Waals surface area contributed by atoms with Crippen molar-refractivity contribution in [3.8, 4) is 0 Å². The van der Waals surface area contributed by atoms with Gasteiger partial charge in [0.1, 0.15) is 5.76 Å². The molecule has 20 heavy (non-hydrogen) atoms. The molecule has 2 saturated heterocycles. The largest absolute Gasteiger partial charge is 0.444 e. The number of hydrogen-bond acceptors (Lipinski definition) is 4. The van der Waals surface area contributed by atoms with Crippen molar-refractivity contribution in [2.45, 2.75) is 77.0 Å². The van der Waals surface area contributed by atoms with Crippen molar-refractivity contribution in [1.29, 1.82) is 0 Å². The molecule has 0 spiro atoms. The fourth-order valence-corrected chi connectivity index (χ4v) is 4.20. The van der Waals surface area contributed by atoms with E-state index in [9.17, 15) is 0 Å². The third kappa shape index (κ3) is 2.63. The standard InChI is InChI=1S/C16H27N3O/c1-4-17-13-8-14-6-5-7-15(9-13)19(14)12(3)16-18-10-11(2)20-16/h10,12-15,17H,4-9H2,1-3H3. The fraction of sp³-hybridized carbons (Fsp3) is 0.812. The normalized spacial score (nSPS) is 32.2. The minimum absolute atomic E-state index is 0.307. The average Bonchev–Trinajstić information content (AvgIpc) is 2.84. The van der Waals surface area contributed by atoms with Crippen molar-refractivity contribution in [1.82, 2.24) is 15.2 Å². The number of oxazole rings is 1. The molecule has 3 heterocycles. The van der Waals surface area contributed by atoms with E-state index in [1.165, 1.54) is 32.1 Å². The molecule has 1 aromatic rings. The molecule has 112 valence electrons. The molecular formula is C16H27N3O. The zero-order valence-electron chi connectivity index (χ0n) is 12.9. The first-order chi connectivity index (χ1) is 9.69. The lowest BCUT2D eigenvalue weighted by Crippen LogP contribution is -2.56. The van der Waals surface area contributed by atoms with Crippen molar-refractivity contribution < 1.29 is 4.42 Å². The van der Waals surface area contributed by atoms with Crippen LogP contribution in [0.15, 0.2) is 10.6 Å². The van der Waals surface area contributed by atoms with Crippen molar-refractivity contribution in [2.75, 3.05) is 6.54 Å². The van der Waals surface area contributed by atoms with Gasteiger partial charge in [-0.3, -0.25) is 4.90 Å². The second-order valence-electron chi connectivity index (χ2n) is 6.40. The molecule has 0 aliphatic carbocycles. The van der Waals surface area contributed by atoms with Gasteiger partial charge in [-0.15, -0.1) is 0 Å². The van der Waals surface area contributed by atoms with Gasteiger partial charge in [0.25, 0.3) is 0 Å². The zero-order chi connectivity index (χ0) is 14.1. The van der Waals surface area contributed by atoms with Gasteiger partial charge in [0.05, 0.1) is 12.2 Å². The van der Waals surface area contributed by atoms with E-state index in [4.69, 9.17) is 4.42 Å². The van der Waals surface area contributed by atoms with Gasteiger partial charge in [-0.25, -0.2) is 4.98 Å². The van der Waals surface area contributed by atoms with E-state index in [1.807, 2.05) is 13.1 Å². The van der Waals surface area contributed by atoms with Crippen LogP contribution in [-0.2, 0) is 0 Å². The molecule has 0 amide bonds.